The summed E-state index contributed by atoms with van der Waals surface area (Å²) in [7, 11) is 1.96. The monoisotopic (exact) mass is 272 g/mol. The zero-order chi connectivity index (χ0) is 14.5. The van der Waals surface area contributed by atoms with Crippen LogP contribution in [0.1, 0.15) is 19.7 Å². The molecule has 0 aliphatic heterocycles. The van der Waals surface area contributed by atoms with Crippen LogP contribution in [0.25, 0.3) is 0 Å². The quantitative estimate of drug-likeness (QED) is 0.879. The van der Waals surface area contributed by atoms with Crippen molar-refractivity contribution in [3.63, 3.8) is 0 Å². The summed E-state index contributed by atoms with van der Waals surface area (Å²) in [5.41, 5.74) is 1.75. The molecule has 1 heterocycles. The first-order valence-corrected chi connectivity index (χ1v) is 6.67. The lowest BCUT2D eigenvalue weighted by Crippen LogP contribution is -2.17. The smallest absolute Gasteiger partial charge is 0.226 e. The number of anilines is 2. The first-order valence-electron chi connectivity index (χ1n) is 6.67. The molecule has 0 aliphatic rings. The maximum atomic E-state index is 11.7. The van der Waals surface area contributed by atoms with Gasteiger partial charge in [0.05, 0.1) is 6.54 Å². The van der Waals surface area contributed by atoms with Crippen LogP contribution in [0.15, 0.2) is 36.7 Å². The lowest BCUT2D eigenvalue weighted by atomic mass is 10.2. The topological polar surface area (TPSA) is 59.0 Å². The van der Waals surface area contributed by atoms with Crippen LogP contribution < -0.4 is 10.6 Å². The van der Waals surface area contributed by atoms with E-state index in [1.165, 1.54) is 0 Å². The first-order chi connectivity index (χ1) is 9.56. The molecule has 20 heavy (non-hydrogen) atoms. The molecule has 0 unspecified atom stereocenters. The number of nitrogens with one attached hydrogen (secondary N) is 2. The number of benzene rings is 1. The second-order valence-electron chi connectivity index (χ2n) is 5.03. The van der Waals surface area contributed by atoms with Crippen LogP contribution in [0.2, 0.25) is 0 Å². The largest absolute Gasteiger partial charge is 0.378 e. The summed E-state index contributed by atoms with van der Waals surface area (Å²) in [4.78, 5) is 15.9. The van der Waals surface area contributed by atoms with Gasteiger partial charge in [-0.05, 0) is 18.2 Å². The van der Waals surface area contributed by atoms with E-state index < -0.39 is 0 Å². The number of imidazole rings is 1. The predicted octanol–water partition coefficient (Wildman–Crippen LogP) is 2.63. The SMILES string of the molecule is CC(C)C(=O)Nc1cccc(NCc2nccn2C)c1. The fourth-order valence-corrected chi connectivity index (χ4v) is 1.74. The van der Waals surface area contributed by atoms with E-state index in [-0.39, 0.29) is 11.8 Å². The molecule has 0 bridgehead atoms. The Morgan fingerprint density at radius 1 is 1.35 bits per heavy atom. The number of nitrogens with zero attached hydrogens (tertiary/aromatic N) is 2. The average molecular weight is 272 g/mol. The van der Waals surface area contributed by atoms with Gasteiger partial charge in [0.1, 0.15) is 5.82 Å². The highest BCUT2D eigenvalue weighted by molar-refractivity contribution is 5.92. The summed E-state index contributed by atoms with van der Waals surface area (Å²) in [6.45, 7) is 4.39. The van der Waals surface area contributed by atoms with Gasteiger partial charge in [0.15, 0.2) is 0 Å². The fraction of sp³-hybridized carbons (Fsp3) is 0.333. The zero-order valence-corrected chi connectivity index (χ0v) is 12.1. The number of aromatic nitrogens is 2. The van der Waals surface area contributed by atoms with Gasteiger partial charge in [-0.3, -0.25) is 4.79 Å². The molecule has 1 amide bonds. The standard InChI is InChI=1S/C15H20N4O/c1-11(2)15(20)18-13-6-4-5-12(9-13)17-10-14-16-7-8-19(14)3/h4-9,11,17H,10H2,1-3H3,(H,18,20). The highest BCUT2D eigenvalue weighted by atomic mass is 16.1. The van der Waals surface area contributed by atoms with Crippen LogP contribution >= 0.6 is 0 Å². The molecule has 0 radical (unpaired) electrons. The Kier molecular flexibility index (Phi) is 4.40. The van der Waals surface area contributed by atoms with E-state index in [0.717, 1.165) is 17.2 Å². The molecule has 0 spiro atoms. The minimum absolute atomic E-state index is 0.0197. The Labute approximate surface area is 119 Å². The molecule has 5 heteroatoms. The van der Waals surface area contributed by atoms with E-state index in [4.69, 9.17) is 0 Å². The Hall–Kier alpha value is -2.30. The normalized spacial score (nSPS) is 10.6. The van der Waals surface area contributed by atoms with Crippen molar-refractivity contribution in [1.29, 1.82) is 0 Å². The third-order valence-corrected chi connectivity index (χ3v) is 3.03. The van der Waals surface area contributed by atoms with E-state index in [2.05, 4.69) is 15.6 Å². The highest BCUT2D eigenvalue weighted by Crippen LogP contribution is 2.16. The van der Waals surface area contributed by atoms with Gasteiger partial charge in [0.25, 0.3) is 0 Å². The minimum atomic E-state index is -0.0285. The number of carbonyl (C=O) groups is 1. The molecule has 1 aromatic carbocycles. The summed E-state index contributed by atoms with van der Waals surface area (Å²) in [5.74, 6) is 0.951. The maximum absolute atomic E-state index is 11.7. The summed E-state index contributed by atoms with van der Waals surface area (Å²) in [5, 5.41) is 6.18. The number of hydrogen-bond donors (Lipinski definition) is 2. The number of amides is 1. The van der Waals surface area contributed by atoms with Crippen molar-refractivity contribution >= 4 is 17.3 Å². The summed E-state index contributed by atoms with van der Waals surface area (Å²) >= 11 is 0. The van der Waals surface area contributed by atoms with Gasteiger partial charge in [0.2, 0.25) is 5.91 Å². The molecule has 0 saturated carbocycles. The third kappa shape index (κ3) is 3.60. The lowest BCUT2D eigenvalue weighted by molar-refractivity contribution is -0.118. The number of aryl methyl sites for hydroxylation is 1. The Morgan fingerprint density at radius 2 is 2.10 bits per heavy atom. The fourth-order valence-electron chi connectivity index (χ4n) is 1.74. The van der Waals surface area contributed by atoms with Crippen molar-refractivity contribution in [3.05, 3.63) is 42.5 Å². The molecule has 0 atom stereocenters. The molecule has 2 N–H and O–H groups in total. The van der Waals surface area contributed by atoms with Crippen molar-refractivity contribution in [2.75, 3.05) is 10.6 Å². The summed E-state index contributed by atoms with van der Waals surface area (Å²) in [6, 6.07) is 7.68. The zero-order valence-electron chi connectivity index (χ0n) is 12.1. The highest BCUT2D eigenvalue weighted by Gasteiger charge is 2.07. The molecule has 5 nitrogen and oxygen atoms in total. The van der Waals surface area contributed by atoms with E-state index >= 15 is 0 Å². The third-order valence-electron chi connectivity index (χ3n) is 3.03. The van der Waals surface area contributed by atoms with E-state index in [9.17, 15) is 4.79 Å². The van der Waals surface area contributed by atoms with Gasteiger partial charge in [-0.15, -0.1) is 0 Å². The van der Waals surface area contributed by atoms with Crippen molar-refractivity contribution in [1.82, 2.24) is 9.55 Å². The number of rotatable bonds is 5. The lowest BCUT2D eigenvalue weighted by Gasteiger charge is -2.10. The molecule has 0 fully saturated rings. The van der Waals surface area contributed by atoms with Crippen molar-refractivity contribution in [2.45, 2.75) is 20.4 Å². The molecule has 0 saturated heterocycles. The van der Waals surface area contributed by atoms with Crippen molar-refractivity contribution in [2.24, 2.45) is 13.0 Å². The van der Waals surface area contributed by atoms with Gasteiger partial charge < -0.3 is 15.2 Å². The molecule has 0 aliphatic carbocycles. The van der Waals surface area contributed by atoms with Gasteiger partial charge in [-0.2, -0.15) is 0 Å². The molecule has 1 aromatic heterocycles. The first kappa shape index (κ1) is 14.1. The van der Waals surface area contributed by atoms with Crippen molar-refractivity contribution in [3.8, 4) is 0 Å². The molecule has 2 rings (SSSR count). The Morgan fingerprint density at radius 3 is 2.75 bits per heavy atom. The Bertz CT molecular complexity index is 589. The molecule has 2 aromatic rings. The van der Waals surface area contributed by atoms with Crippen LogP contribution in [-0.2, 0) is 18.4 Å². The average Bonchev–Trinajstić information content (AvgIpc) is 2.82. The van der Waals surface area contributed by atoms with Crippen LogP contribution in [0.3, 0.4) is 0 Å². The Balaban J connectivity index is 1.99. The molecular formula is C15H20N4O. The molecular weight excluding hydrogens is 252 g/mol. The van der Waals surface area contributed by atoms with Crippen molar-refractivity contribution < 1.29 is 4.79 Å². The van der Waals surface area contributed by atoms with Crippen LogP contribution in [-0.4, -0.2) is 15.5 Å². The van der Waals surface area contributed by atoms with Crippen LogP contribution in [0.5, 0.6) is 0 Å². The summed E-state index contributed by atoms with van der Waals surface area (Å²) in [6.07, 6.45) is 3.69. The van der Waals surface area contributed by atoms with Gasteiger partial charge in [-0.25, -0.2) is 4.98 Å². The minimum Gasteiger partial charge on any atom is -0.378 e. The van der Waals surface area contributed by atoms with E-state index in [1.54, 1.807) is 6.20 Å². The van der Waals surface area contributed by atoms with Gasteiger partial charge >= 0.3 is 0 Å². The summed E-state index contributed by atoms with van der Waals surface area (Å²) < 4.78 is 1.97. The second kappa shape index (κ2) is 6.23. The van der Waals surface area contributed by atoms with Crippen LogP contribution in [0, 0.1) is 5.92 Å². The number of carbonyl (C=O) groups excluding carboxylic acids is 1. The van der Waals surface area contributed by atoms with Gasteiger partial charge in [0, 0.05) is 36.7 Å². The second-order valence-corrected chi connectivity index (χ2v) is 5.03. The predicted molar refractivity (Wildman–Crippen MR) is 80.4 cm³/mol. The maximum Gasteiger partial charge on any atom is 0.226 e. The van der Waals surface area contributed by atoms with Crippen LogP contribution in [0.4, 0.5) is 11.4 Å². The van der Waals surface area contributed by atoms with E-state index in [0.29, 0.717) is 6.54 Å². The molecule has 106 valence electrons. The van der Waals surface area contributed by atoms with Gasteiger partial charge in [-0.1, -0.05) is 19.9 Å². The number of hydrogen-bond acceptors (Lipinski definition) is 3. The van der Waals surface area contributed by atoms with E-state index in [1.807, 2.05) is 55.9 Å².